The third-order valence-corrected chi connectivity index (χ3v) is 3.91. The van der Waals surface area contributed by atoms with Gasteiger partial charge in [-0.25, -0.2) is 0 Å². The van der Waals surface area contributed by atoms with Gasteiger partial charge in [-0.2, -0.15) is 0 Å². The highest BCUT2D eigenvalue weighted by molar-refractivity contribution is 5.59. The molecule has 1 heterocycles. The molecular weight excluding hydrogens is 244 g/mol. The van der Waals surface area contributed by atoms with Crippen LogP contribution in [-0.2, 0) is 19.4 Å². The van der Waals surface area contributed by atoms with Crippen molar-refractivity contribution in [3.05, 3.63) is 65.2 Å². The van der Waals surface area contributed by atoms with Gasteiger partial charge in [0.15, 0.2) is 0 Å². The number of para-hydroxylation sites is 1. The molecule has 0 aliphatic carbocycles. The monoisotopic (exact) mass is 266 g/mol. The summed E-state index contributed by atoms with van der Waals surface area (Å²) in [6, 6.07) is 17.3. The van der Waals surface area contributed by atoms with Crippen molar-refractivity contribution in [2.75, 3.05) is 18.4 Å². The van der Waals surface area contributed by atoms with Crippen LogP contribution in [0.4, 0.5) is 5.69 Å². The lowest BCUT2D eigenvalue weighted by molar-refractivity contribution is 0.684. The molecule has 2 N–H and O–H groups in total. The Labute approximate surface area is 121 Å². The van der Waals surface area contributed by atoms with E-state index in [1.165, 1.54) is 35.2 Å². The molecule has 1 aliphatic heterocycles. The topological polar surface area (TPSA) is 24.1 Å². The first-order chi connectivity index (χ1) is 9.93. The second-order valence-electron chi connectivity index (χ2n) is 5.39. The third-order valence-electron chi connectivity index (χ3n) is 3.91. The van der Waals surface area contributed by atoms with Crippen LogP contribution in [0.15, 0.2) is 48.5 Å². The number of benzene rings is 2. The Bertz CT molecular complexity index is 549. The molecular formula is C18H22N2. The zero-order valence-electron chi connectivity index (χ0n) is 11.9. The van der Waals surface area contributed by atoms with Gasteiger partial charge in [0, 0.05) is 18.8 Å². The van der Waals surface area contributed by atoms with E-state index in [9.17, 15) is 0 Å². The molecule has 0 spiro atoms. The summed E-state index contributed by atoms with van der Waals surface area (Å²) < 4.78 is 0. The van der Waals surface area contributed by atoms with Crippen LogP contribution in [0.1, 0.15) is 23.1 Å². The maximum atomic E-state index is 3.56. The highest BCUT2D eigenvalue weighted by atomic mass is 14.9. The summed E-state index contributed by atoms with van der Waals surface area (Å²) >= 11 is 0. The van der Waals surface area contributed by atoms with Gasteiger partial charge in [0.05, 0.1) is 0 Å². The van der Waals surface area contributed by atoms with Crippen molar-refractivity contribution in [3.63, 3.8) is 0 Å². The Morgan fingerprint density at radius 1 is 1.00 bits per heavy atom. The van der Waals surface area contributed by atoms with Gasteiger partial charge >= 0.3 is 0 Å². The summed E-state index contributed by atoms with van der Waals surface area (Å²) in [7, 11) is 0. The van der Waals surface area contributed by atoms with Gasteiger partial charge in [-0.05, 0) is 42.5 Å². The zero-order chi connectivity index (χ0) is 13.6. The standard InChI is InChI=1S/C18H22N2/c1-2-6-15(7-3-1)11-13-19-14-17-9-4-8-16-10-5-12-20-18(16)17/h1-4,6-9,19-20H,5,10-14H2. The van der Waals surface area contributed by atoms with Crippen LogP contribution in [0, 0.1) is 0 Å². The Balaban J connectivity index is 1.54. The Hall–Kier alpha value is -1.80. The first kappa shape index (κ1) is 13.2. The highest BCUT2D eigenvalue weighted by Gasteiger charge is 2.11. The molecule has 0 saturated carbocycles. The lowest BCUT2D eigenvalue weighted by atomic mass is 9.99. The number of aryl methyl sites for hydroxylation is 1. The van der Waals surface area contributed by atoms with Gasteiger partial charge in [0.25, 0.3) is 0 Å². The summed E-state index contributed by atoms with van der Waals surface area (Å²) in [4.78, 5) is 0. The van der Waals surface area contributed by atoms with Gasteiger partial charge in [0.2, 0.25) is 0 Å². The average Bonchev–Trinajstić information content (AvgIpc) is 2.53. The van der Waals surface area contributed by atoms with Crippen LogP contribution < -0.4 is 10.6 Å². The van der Waals surface area contributed by atoms with Crippen molar-refractivity contribution in [2.24, 2.45) is 0 Å². The molecule has 1 aliphatic rings. The molecule has 20 heavy (non-hydrogen) atoms. The Kier molecular flexibility index (Phi) is 4.34. The van der Waals surface area contributed by atoms with Crippen LogP contribution in [0.3, 0.4) is 0 Å². The summed E-state index contributed by atoms with van der Waals surface area (Å²) in [6.07, 6.45) is 3.54. The minimum Gasteiger partial charge on any atom is -0.385 e. The molecule has 0 amide bonds. The minimum atomic E-state index is 0.947. The van der Waals surface area contributed by atoms with Crippen LogP contribution in [0.2, 0.25) is 0 Å². The van der Waals surface area contributed by atoms with Crippen molar-refractivity contribution < 1.29 is 0 Å². The quantitative estimate of drug-likeness (QED) is 0.811. The zero-order valence-corrected chi connectivity index (χ0v) is 11.9. The molecule has 0 atom stereocenters. The molecule has 0 saturated heterocycles. The van der Waals surface area contributed by atoms with E-state index in [0.717, 1.165) is 26.1 Å². The number of nitrogens with one attached hydrogen (secondary N) is 2. The second kappa shape index (κ2) is 6.58. The molecule has 2 nitrogen and oxygen atoms in total. The second-order valence-corrected chi connectivity index (χ2v) is 5.39. The van der Waals surface area contributed by atoms with E-state index in [2.05, 4.69) is 59.2 Å². The third kappa shape index (κ3) is 3.20. The summed E-state index contributed by atoms with van der Waals surface area (Å²) in [6.45, 7) is 3.07. The largest absolute Gasteiger partial charge is 0.385 e. The predicted molar refractivity (Wildman–Crippen MR) is 85.1 cm³/mol. The normalized spacial score (nSPS) is 13.6. The average molecular weight is 266 g/mol. The first-order valence-electron chi connectivity index (χ1n) is 7.53. The summed E-state index contributed by atoms with van der Waals surface area (Å²) in [5.74, 6) is 0. The molecule has 0 bridgehead atoms. The van der Waals surface area contributed by atoms with Crippen molar-refractivity contribution in [1.29, 1.82) is 0 Å². The van der Waals surface area contributed by atoms with Gasteiger partial charge in [-0.15, -0.1) is 0 Å². The van der Waals surface area contributed by atoms with Crippen LogP contribution in [-0.4, -0.2) is 13.1 Å². The maximum absolute atomic E-state index is 3.56. The van der Waals surface area contributed by atoms with Gasteiger partial charge in [0.1, 0.15) is 0 Å². The summed E-state index contributed by atoms with van der Waals surface area (Å²) in [5, 5.41) is 7.11. The molecule has 0 radical (unpaired) electrons. The molecule has 2 heteroatoms. The van der Waals surface area contributed by atoms with Crippen molar-refractivity contribution >= 4 is 5.69 Å². The first-order valence-corrected chi connectivity index (χ1v) is 7.53. The van der Waals surface area contributed by atoms with Crippen LogP contribution in [0.25, 0.3) is 0 Å². The highest BCUT2D eigenvalue weighted by Crippen LogP contribution is 2.25. The molecule has 2 aromatic carbocycles. The minimum absolute atomic E-state index is 0.947. The molecule has 104 valence electrons. The van der Waals surface area contributed by atoms with Gasteiger partial charge in [-0.1, -0.05) is 48.5 Å². The summed E-state index contributed by atoms with van der Waals surface area (Å²) in [5.41, 5.74) is 5.63. The van der Waals surface area contributed by atoms with E-state index >= 15 is 0 Å². The molecule has 0 unspecified atom stereocenters. The van der Waals surface area contributed by atoms with E-state index in [1.54, 1.807) is 0 Å². The molecule has 0 fully saturated rings. The number of anilines is 1. The Morgan fingerprint density at radius 2 is 1.90 bits per heavy atom. The van der Waals surface area contributed by atoms with E-state index in [0.29, 0.717) is 0 Å². The van der Waals surface area contributed by atoms with Gasteiger partial charge in [-0.3, -0.25) is 0 Å². The van der Waals surface area contributed by atoms with E-state index < -0.39 is 0 Å². The van der Waals surface area contributed by atoms with Gasteiger partial charge < -0.3 is 10.6 Å². The van der Waals surface area contributed by atoms with E-state index in [4.69, 9.17) is 0 Å². The van der Waals surface area contributed by atoms with Crippen LogP contribution >= 0.6 is 0 Å². The molecule has 3 rings (SSSR count). The molecule has 0 aromatic heterocycles. The smallest absolute Gasteiger partial charge is 0.0418 e. The SMILES string of the molecule is c1ccc(CCNCc2cccc3c2NCCC3)cc1. The fraction of sp³-hybridized carbons (Fsp3) is 0.333. The lowest BCUT2D eigenvalue weighted by Gasteiger charge is -2.21. The van der Waals surface area contributed by atoms with Crippen molar-refractivity contribution in [2.45, 2.75) is 25.8 Å². The predicted octanol–water partition coefficient (Wildman–Crippen LogP) is 3.38. The van der Waals surface area contributed by atoms with E-state index in [1.807, 2.05) is 0 Å². The number of rotatable bonds is 5. The number of hydrogen-bond donors (Lipinski definition) is 2. The number of fused-ring (bicyclic) bond motifs is 1. The molecule has 2 aromatic rings. The maximum Gasteiger partial charge on any atom is 0.0418 e. The Morgan fingerprint density at radius 3 is 2.80 bits per heavy atom. The van der Waals surface area contributed by atoms with Crippen LogP contribution in [0.5, 0.6) is 0 Å². The van der Waals surface area contributed by atoms with Crippen molar-refractivity contribution in [3.8, 4) is 0 Å². The van der Waals surface area contributed by atoms with Crippen molar-refractivity contribution in [1.82, 2.24) is 5.32 Å². The number of hydrogen-bond acceptors (Lipinski definition) is 2. The van der Waals surface area contributed by atoms with E-state index in [-0.39, 0.29) is 0 Å². The fourth-order valence-electron chi connectivity index (χ4n) is 2.83. The lowest BCUT2D eigenvalue weighted by Crippen LogP contribution is -2.20. The fourth-order valence-corrected chi connectivity index (χ4v) is 2.83.